The molecular weight excluding hydrogens is 463 g/mol. The monoisotopic (exact) mass is 500 g/mol. The van der Waals surface area contributed by atoms with Gasteiger partial charge >= 0.3 is 0 Å². The molecule has 0 bridgehead atoms. The summed E-state index contributed by atoms with van der Waals surface area (Å²) in [5.74, 6) is 1.99. The summed E-state index contributed by atoms with van der Waals surface area (Å²) in [6.45, 7) is 6.69. The molecule has 8 heteroatoms. The first-order chi connectivity index (χ1) is 12.0. The highest BCUT2D eigenvalue weighted by Crippen LogP contribution is 2.27. The molecule has 6 nitrogen and oxygen atoms in total. The lowest BCUT2D eigenvalue weighted by Crippen LogP contribution is -2.43. The maximum atomic E-state index is 11.8. The summed E-state index contributed by atoms with van der Waals surface area (Å²) in [6.07, 6.45) is 10.2. The van der Waals surface area contributed by atoms with Crippen LogP contribution in [0.2, 0.25) is 0 Å². The summed E-state index contributed by atoms with van der Waals surface area (Å²) in [7, 11) is -3.02. The van der Waals surface area contributed by atoms with Crippen LogP contribution in [0, 0.1) is 5.92 Å². The second-order valence-corrected chi connectivity index (χ2v) is 9.54. The molecule has 0 radical (unpaired) electrons. The van der Waals surface area contributed by atoms with Crippen LogP contribution < -0.4 is 10.6 Å². The van der Waals surface area contributed by atoms with Gasteiger partial charge in [0.25, 0.3) is 0 Å². The van der Waals surface area contributed by atoms with Crippen LogP contribution in [0.25, 0.3) is 0 Å². The van der Waals surface area contributed by atoms with E-state index in [1.54, 1.807) is 4.31 Å². The first kappa shape index (κ1) is 23.9. The van der Waals surface area contributed by atoms with Crippen molar-refractivity contribution in [1.29, 1.82) is 0 Å². The highest BCUT2D eigenvalue weighted by molar-refractivity contribution is 14.0. The van der Waals surface area contributed by atoms with Crippen LogP contribution in [0.1, 0.15) is 65.2 Å². The van der Waals surface area contributed by atoms with Gasteiger partial charge in [0.2, 0.25) is 10.0 Å². The Hall–Kier alpha value is -0.0900. The quantitative estimate of drug-likeness (QED) is 0.306. The molecular formula is C18H37IN4O2S. The summed E-state index contributed by atoms with van der Waals surface area (Å²) in [5.41, 5.74) is 0. The Kier molecular flexibility index (Phi) is 11.4. The largest absolute Gasteiger partial charge is 0.357 e. The van der Waals surface area contributed by atoms with E-state index in [1.165, 1.54) is 38.5 Å². The minimum absolute atomic E-state index is 0. The van der Waals surface area contributed by atoms with E-state index in [4.69, 9.17) is 0 Å². The number of halogens is 1. The number of guanidine groups is 1. The molecule has 1 saturated heterocycles. The molecule has 26 heavy (non-hydrogen) atoms. The van der Waals surface area contributed by atoms with E-state index in [9.17, 15) is 8.42 Å². The van der Waals surface area contributed by atoms with E-state index in [2.05, 4.69) is 29.5 Å². The SMILES string of the molecule is CCNC(=NCCN1CCCS1(=O)=O)NC(C)CCC1CCCCC1.I. The Bertz CT molecular complexity index is 521. The minimum atomic E-state index is -3.02. The molecule has 154 valence electrons. The van der Waals surface area contributed by atoms with Crippen LogP contribution in [0.15, 0.2) is 4.99 Å². The standard InChI is InChI=1S/C18H36N4O2S.HI/c1-3-19-18(20-12-14-22-13-7-15-25(22,23)24)21-16(2)10-11-17-8-5-4-6-9-17;/h16-17H,3-15H2,1-2H3,(H2,19,20,21);1H. The van der Waals surface area contributed by atoms with Crippen molar-refractivity contribution in [3.05, 3.63) is 0 Å². The van der Waals surface area contributed by atoms with Crippen LogP contribution in [0.4, 0.5) is 0 Å². The first-order valence-corrected chi connectivity index (χ1v) is 11.6. The van der Waals surface area contributed by atoms with Crippen LogP contribution in [-0.2, 0) is 10.0 Å². The number of hydrogen-bond acceptors (Lipinski definition) is 3. The zero-order valence-corrected chi connectivity index (χ0v) is 19.5. The van der Waals surface area contributed by atoms with E-state index in [0.29, 0.717) is 25.7 Å². The average Bonchev–Trinajstić information content (AvgIpc) is 2.93. The van der Waals surface area contributed by atoms with Crippen LogP contribution >= 0.6 is 24.0 Å². The number of nitrogens with one attached hydrogen (secondary N) is 2. The number of sulfonamides is 1. The van der Waals surface area contributed by atoms with Crippen molar-refractivity contribution in [2.45, 2.75) is 71.3 Å². The van der Waals surface area contributed by atoms with Crippen molar-refractivity contribution in [3.8, 4) is 0 Å². The summed E-state index contributed by atoms with van der Waals surface area (Å²) < 4.78 is 25.2. The maximum absolute atomic E-state index is 11.8. The summed E-state index contributed by atoms with van der Waals surface area (Å²) >= 11 is 0. The second kappa shape index (κ2) is 12.4. The third-order valence-corrected chi connectivity index (χ3v) is 7.24. The van der Waals surface area contributed by atoms with E-state index in [1.807, 2.05) is 0 Å². The van der Waals surface area contributed by atoms with Gasteiger partial charge in [0.15, 0.2) is 5.96 Å². The van der Waals surface area contributed by atoms with Gasteiger partial charge in [-0.05, 0) is 39.0 Å². The molecule has 2 rings (SSSR count). The number of nitrogens with zero attached hydrogens (tertiary/aromatic N) is 2. The van der Waals surface area contributed by atoms with Gasteiger partial charge in [-0.1, -0.05) is 32.1 Å². The van der Waals surface area contributed by atoms with Crippen molar-refractivity contribution < 1.29 is 8.42 Å². The lowest BCUT2D eigenvalue weighted by molar-refractivity contribution is 0.322. The molecule has 0 aromatic carbocycles. The lowest BCUT2D eigenvalue weighted by Gasteiger charge is -2.24. The van der Waals surface area contributed by atoms with Crippen molar-refractivity contribution in [2.24, 2.45) is 10.9 Å². The van der Waals surface area contributed by atoms with Gasteiger partial charge in [0, 0.05) is 25.7 Å². The molecule has 0 spiro atoms. The predicted octanol–water partition coefficient (Wildman–Crippen LogP) is 2.94. The zero-order valence-electron chi connectivity index (χ0n) is 16.4. The Morgan fingerprint density at radius 1 is 1.23 bits per heavy atom. The molecule has 1 aliphatic heterocycles. The Morgan fingerprint density at radius 3 is 2.58 bits per heavy atom. The van der Waals surface area contributed by atoms with Gasteiger partial charge in [-0.25, -0.2) is 12.7 Å². The predicted molar refractivity (Wildman–Crippen MR) is 120 cm³/mol. The van der Waals surface area contributed by atoms with E-state index in [-0.39, 0.29) is 29.7 Å². The molecule has 2 N–H and O–H groups in total. The van der Waals surface area contributed by atoms with Crippen molar-refractivity contribution in [3.63, 3.8) is 0 Å². The fourth-order valence-electron chi connectivity index (χ4n) is 3.80. The van der Waals surface area contributed by atoms with Gasteiger partial charge in [-0.15, -0.1) is 24.0 Å². The van der Waals surface area contributed by atoms with Crippen molar-refractivity contribution >= 4 is 40.0 Å². The third-order valence-electron chi connectivity index (χ3n) is 5.28. The van der Waals surface area contributed by atoms with Crippen LogP contribution in [-0.4, -0.2) is 56.7 Å². The molecule has 0 aromatic rings. The highest BCUT2D eigenvalue weighted by atomic mass is 127. The maximum Gasteiger partial charge on any atom is 0.214 e. The van der Waals surface area contributed by atoms with E-state index in [0.717, 1.165) is 31.3 Å². The molecule has 1 atom stereocenters. The van der Waals surface area contributed by atoms with Gasteiger partial charge in [-0.3, -0.25) is 4.99 Å². The molecule has 1 unspecified atom stereocenters. The number of hydrogen-bond donors (Lipinski definition) is 2. The fraction of sp³-hybridized carbons (Fsp3) is 0.944. The van der Waals surface area contributed by atoms with E-state index < -0.39 is 10.0 Å². The van der Waals surface area contributed by atoms with Gasteiger partial charge in [-0.2, -0.15) is 0 Å². The van der Waals surface area contributed by atoms with Crippen LogP contribution in [0.3, 0.4) is 0 Å². The highest BCUT2D eigenvalue weighted by Gasteiger charge is 2.27. The molecule has 2 aliphatic rings. The van der Waals surface area contributed by atoms with Gasteiger partial charge in [0.05, 0.1) is 12.3 Å². The molecule has 1 heterocycles. The Morgan fingerprint density at radius 2 is 1.96 bits per heavy atom. The normalized spacial score (nSPS) is 22.6. The molecule has 1 aliphatic carbocycles. The van der Waals surface area contributed by atoms with Gasteiger partial charge in [0.1, 0.15) is 0 Å². The smallest absolute Gasteiger partial charge is 0.214 e. The Labute approximate surface area is 177 Å². The third kappa shape index (κ3) is 8.29. The molecule has 0 amide bonds. The summed E-state index contributed by atoms with van der Waals surface area (Å²) in [4.78, 5) is 4.57. The first-order valence-electron chi connectivity index (χ1n) is 10.0. The zero-order chi connectivity index (χ0) is 18.1. The van der Waals surface area contributed by atoms with E-state index >= 15 is 0 Å². The summed E-state index contributed by atoms with van der Waals surface area (Å²) in [6, 6.07) is 0.384. The number of aliphatic imine (C=N–C) groups is 1. The topological polar surface area (TPSA) is 73.8 Å². The van der Waals surface area contributed by atoms with Crippen molar-refractivity contribution in [2.75, 3.05) is 31.9 Å². The molecule has 1 saturated carbocycles. The minimum Gasteiger partial charge on any atom is -0.357 e. The van der Waals surface area contributed by atoms with Crippen molar-refractivity contribution in [1.82, 2.24) is 14.9 Å². The number of rotatable bonds is 8. The molecule has 0 aromatic heterocycles. The fourth-order valence-corrected chi connectivity index (χ4v) is 5.32. The average molecular weight is 500 g/mol. The van der Waals surface area contributed by atoms with Gasteiger partial charge < -0.3 is 10.6 Å². The lowest BCUT2D eigenvalue weighted by atomic mass is 9.85. The summed E-state index contributed by atoms with van der Waals surface area (Å²) in [5, 5.41) is 6.74. The Balaban J connectivity index is 0.00000338. The second-order valence-electron chi connectivity index (χ2n) is 7.46. The molecule has 2 fully saturated rings. The van der Waals surface area contributed by atoms with Crippen LogP contribution in [0.5, 0.6) is 0 Å².